The molecule has 0 radical (unpaired) electrons. The van der Waals surface area contributed by atoms with Gasteiger partial charge in [-0.1, -0.05) is 18.6 Å². The van der Waals surface area contributed by atoms with Gasteiger partial charge in [-0.3, -0.25) is 0 Å². The zero-order valence-electron chi connectivity index (χ0n) is 12.0. The molecule has 0 aliphatic carbocycles. The molecule has 0 unspecified atom stereocenters. The highest BCUT2D eigenvalue weighted by Gasteiger charge is 2.16. The van der Waals surface area contributed by atoms with E-state index in [1.807, 2.05) is 12.1 Å². The zero-order valence-corrected chi connectivity index (χ0v) is 12.0. The van der Waals surface area contributed by atoms with Crippen molar-refractivity contribution in [1.82, 2.24) is 15.0 Å². The van der Waals surface area contributed by atoms with Crippen molar-refractivity contribution in [2.75, 3.05) is 14.2 Å². The number of aliphatic hydroxyl groups excluding tert-OH is 1. The van der Waals surface area contributed by atoms with Crippen molar-refractivity contribution in [2.45, 2.75) is 26.4 Å². The summed E-state index contributed by atoms with van der Waals surface area (Å²) in [7, 11) is 3.21. The molecule has 0 saturated carbocycles. The van der Waals surface area contributed by atoms with E-state index in [0.29, 0.717) is 17.2 Å². The lowest BCUT2D eigenvalue weighted by Gasteiger charge is -2.12. The summed E-state index contributed by atoms with van der Waals surface area (Å²) in [5.41, 5.74) is 2.28. The molecule has 0 bridgehead atoms. The molecule has 0 fully saturated rings. The Balaban J connectivity index is 2.53. The maximum Gasteiger partial charge on any atom is 0.148 e. The molecule has 108 valence electrons. The minimum absolute atomic E-state index is 0.117. The number of rotatable bonds is 6. The van der Waals surface area contributed by atoms with Gasteiger partial charge < -0.3 is 14.6 Å². The van der Waals surface area contributed by atoms with Gasteiger partial charge in [0.2, 0.25) is 0 Å². The fraction of sp³-hybridized carbons (Fsp3) is 0.429. The van der Waals surface area contributed by atoms with Crippen LogP contribution in [0.5, 0.6) is 11.5 Å². The quantitative estimate of drug-likeness (QED) is 0.870. The Hall–Kier alpha value is -2.08. The van der Waals surface area contributed by atoms with Crippen LogP contribution in [-0.4, -0.2) is 34.3 Å². The summed E-state index contributed by atoms with van der Waals surface area (Å²) in [6.45, 7) is 1.96. The van der Waals surface area contributed by atoms with E-state index < -0.39 is 0 Å². The molecule has 1 aromatic heterocycles. The van der Waals surface area contributed by atoms with Crippen LogP contribution in [0.15, 0.2) is 18.2 Å². The van der Waals surface area contributed by atoms with E-state index in [0.717, 1.165) is 24.2 Å². The van der Waals surface area contributed by atoms with Crippen LogP contribution in [0.3, 0.4) is 0 Å². The lowest BCUT2D eigenvalue weighted by Crippen LogP contribution is -2.06. The SMILES string of the molecule is CCCc1c(CO)nnn1-c1ccc(OC)cc1OC. The minimum atomic E-state index is -0.117. The Morgan fingerprint density at radius 3 is 2.65 bits per heavy atom. The summed E-state index contributed by atoms with van der Waals surface area (Å²) in [6, 6.07) is 5.51. The van der Waals surface area contributed by atoms with E-state index in [4.69, 9.17) is 9.47 Å². The molecular formula is C14H19N3O3. The van der Waals surface area contributed by atoms with Crippen LogP contribution >= 0.6 is 0 Å². The highest BCUT2D eigenvalue weighted by molar-refractivity contribution is 5.51. The Morgan fingerprint density at radius 2 is 2.05 bits per heavy atom. The lowest BCUT2D eigenvalue weighted by atomic mass is 10.2. The van der Waals surface area contributed by atoms with E-state index in [2.05, 4.69) is 17.2 Å². The van der Waals surface area contributed by atoms with E-state index >= 15 is 0 Å². The van der Waals surface area contributed by atoms with Gasteiger partial charge in [0.15, 0.2) is 0 Å². The summed E-state index contributed by atoms with van der Waals surface area (Å²) in [6.07, 6.45) is 1.73. The maximum atomic E-state index is 9.35. The van der Waals surface area contributed by atoms with Crippen LogP contribution in [0.25, 0.3) is 5.69 Å². The van der Waals surface area contributed by atoms with E-state index in [1.165, 1.54) is 0 Å². The van der Waals surface area contributed by atoms with Crippen LogP contribution < -0.4 is 9.47 Å². The summed E-state index contributed by atoms with van der Waals surface area (Å²) >= 11 is 0. The number of ether oxygens (including phenoxy) is 2. The molecule has 6 nitrogen and oxygen atoms in total. The number of nitrogens with zero attached hydrogens (tertiary/aromatic N) is 3. The summed E-state index contributed by atoms with van der Waals surface area (Å²) < 4.78 is 12.3. The third-order valence-electron chi connectivity index (χ3n) is 3.10. The maximum absolute atomic E-state index is 9.35. The number of aliphatic hydroxyl groups is 1. The van der Waals surface area contributed by atoms with Gasteiger partial charge >= 0.3 is 0 Å². The Bertz CT molecular complexity index is 581. The third kappa shape index (κ3) is 2.60. The smallest absolute Gasteiger partial charge is 0.148 e. The van der Waals surface area contributed by atoms with Crippen molar-refractivity contribution in [3.8, 4) is 17.2 Å². The minimum Gasteiger partial charge on any atom is -0.497 e. The molecule has 0 saturated heterocycles. The van der Waals surface area contributed by atoms with E-state index in [1.54, 1.807) is 25.0 Å². The molecule has 0 spiro atoms. The molecule has 0 amide bonds. The fourth-order valence-corrected chi connectivity index (χ4v) is 2.10. The van der Waals surface area contributed by atoms with Crippen LogP contribution in [0.4, 0.5) is 0 Å². The van der Waals surface area contributed by atoms with E-state index in [-0.39, 0.29) is 6.61 Å². The summed E-state index contributed by atoms with van der Waals surface area (Å²) in [5, 5.41) is 17.5. The fourth-order valence-electron chi connectivity index (χ4n) is 2.10. The van der Waals surface area contributed by atoms with E-state index in [9.17, 15) is 5.11 Å². The Labute approximate surface area is 117 Å². The van der Waals surface area contributed by atoms with Crippen molar-refractivity contribution in [3.05, 3.63) is 29.6 Å². The van der Waals surface area contributed by atoms with Gasteiger partial charge in [0.25, 0.3) is 0 Å². The lowest BCUT2D eigenvalue weighted by molar-refractivity contribution is 0.275. The highest BCUT2D eigenvalue weighted by atomic mass is 16.5. The third-order valence-corrected chi connectivity index (χ3v) is 3.10. The number of benzene rings is 1. The van der Waals surface area contributed by atoms with Crippen molar-refractivity contribution >= 4 is 0 Å². The second-order valence-corrected chi connectivity index (χ2v) is 4.34. The van der Waals surface area contributed by atoms with Crippen LogP contribution in [0.1, 0.15) is 24.7 Å². The number of methoxy groups -OCH3 is 2. The monoisotopic (exact) mass is 277 g/mol. The first-order valence-electron chi connectivity index (χ1n) is 6.51. The van der Waals surface area contributed by atoms with Crippen molar-refractivity contribution in [3.63, 3.8) is 0 Å². The Kier molecular flexibility index (Phi) is 4.57. The molecule has 0 aliphatic heterocycles. The first kappa shape index (κ1) is 14.3. The van der Waals surface area contributed by atoms with Gasteiger partial charge in [-0.25, -0.2) is 4.68 Å². The first-order chi connectivity index (χ1) is 9.74. The molecule has 1 heterocycles. The van der Waals surface area contributed by atoms with Crippen molar-refractivity contribution in [2.24, 2.45) is 0 Å². The molecule has 6 heteroatoms. The molecule has 0 atom stereocenters. The summed E-state index contributed by atoms with van der Waals surface area (Å²) in [4.78, 5) is 0. The normalized spacial score (nSPS) is 10.6. The topological polar surface area (TPSA) is 69.4 Å². The second-order valence-electron chi connectivity index (χ2n) is 4.34. The molecule has 2 aromatic rings. The molecule has 1 aromatic carbocycles. The molecular weight excluding hydrogens is 258 g/mol. The van der Waals surface area contributed by atoms with Gasteiger partial charge in [0.1, 0.15) is 22.9 Å². The van der Waals surface area contributed by atoms with Gasteiger partial charge in [0, 0.05) is 6.07 Å². The second kappa shape index (κ2) is 6.38. The zero-order chi connectivity index (χ0) is 14.5. The van der Waals surface area contributed by atoms with Gasteiger partial charge in [-0.2, -0.15) is 0 Å². The first-order valence-corrected chi connectivity index (χ1v) is 6.51. The number of aromatic nitrogens is 3. The van der Waals surface area contributed by atoms with Gasteiger partial charge in [0.05, 0.1) is 26.5 Å². The van der Waals surface area contributed by atoms with Crippen LogP contribution in [-0.2, 0) is 13.0 Å². The number of hydrogen-bond donors (Lipinski definition) is 1. The molecule has 20 heavy (non-hydrogen) atoms. The molecule has 0 aliphatic rings. The molecule has 1 N–H and O–H groups in total. The van der Waals surface area contributed by atoms with Crippen LogP contribution in [0, 0.1) is 0 Å². The van der Waals surface area contributed by atoms with Crippen molar-refractivity contribution < 1.29 is 14.6 Å². The summed E-state index contributed by atoms with van der Waals surface area (Å²) in [5.74, 6) is 1.36. The largest absolute Gasteiger partial charge is 0.497 e. The van der Waals surface area contributed by atoms with Crippen LogP contribution in [0.2, 0.25) is 0 Å². The standard InChI is InChI=1S/C14H19N3O3/c1-4-5-12-11(9-18)15-16-17(12)13-7-6-10(19-2)8-14(13)20-3/h6-8,18H,4-5,9H2,1-3H3. The molecule has 2 rings (SSSR count). The predicted molar refractivity (Wildman–Crippen MR) is 74.4 cm³/mol. The van der Waals surface area contributed by atoms with Gasteiger partial charge in [-0.15, -0.1) is 5.10 Å². The average molecular weight is 277 g/mol. The highest BCUT2D eigenvalue weighted by Crippen LogP contribution is 2.28. The Morgan fingerprint density at radius 1 is 1.25 bits per heavy atom. The average Bonchev–Trinajstić information content (AvgIpc) is 2.89. The van der Waals surface area contributed by atoms with Gasteiger partial charge in [-0.05, 0) is 18.6 Å². The predicted octanol–water partition coefficient (Wildman–Crippen LogP) is 1.73. The number of hydrogen-bond acceptors (Lipinski definition) is 5. The van der Waals surface area contributed by atoms with Crippen molar-refractivity contribution in [1.29, 1.82) is 0 Å².